The first-order valence-corrected chi connectivity index (χ1v) is 7.49. The zero-order chi connectivity index (χ0) is 18.7. The highest BCUT2D eigenvalue weighted by Crippen LogP contribution is 2.34. The number of hydrogen-bond donors (Lipinski definition) is 2. The first-order valence-electron chi connectivity index (χ1n) is 6.01. The van der Waals surface area contributed by atoms with Gasteiger partial charge in [-0.25, -0.2) is 13.2 Å². The average molecular weight is 372 g/mol. The second-order valence-corrected chi connectivity index (χ2v) is 6.25. The van der Waals surface area contributed by atoms with E-state index in [1.165, 1.54) is 0 Å². The number of hydrogen-bond acceptors (Lipinski definition) is 8. The highest BCUT2D eigenvalue weighted by atomic mass is 32.2. The number of rotatable bonds is 6. The molecule has 2 N–H and O–H groups in total. The second kappa shape index (κ2) is 7.00. The lowest BCUT2D eigenvalue weighted by molar-refractivity contribution is -0.384. The van der Waals surface area contributed by atoms with Crippen LogP contribution in [0.2, 0.25) is 0 Å². The predicted molar refractivity (Wildman–Crippen MR) is 72.8 cm³/mol. The maximum atomic E-state index is 12.5. The van der Waals surface area contributed by atoms with Crippen molar-refractivity contribution in [2.45, 2.75) is 16.5 Å². The Labute approximate surface area is 133 Å². The Morgan fingerprint density at radius 2 is 2.04 bits per heavy atom. The Morgan fingerprint density at radius 3 is 2.50 bits per heavy atom. The van der Waals surface area contributed by atoms with E-state index in [0.29, 0.717) is 6.07 Å². The Kier molecular flexibility index (Phi) is 5.73. The van der Waals surface area contributed by atoms with Crippen LogP contribution in [-0.4, -0.2) is 49.7 Å². The summed E-state index contributed by atoms with van der Waals surface area (Å²) in [4.78, 5) is 19.5. The number of ether oxygens (including phenoxy) is 1. The third-order valence-electron chi connectivity index (χ3n) is 2.74. The van der Waals surface area contributed by atoms with E-state index in [1.54, 1.807) is 0 Å². The van der Waals surface area contributed by atoms with E-state index in [1.807, 2.05) is 0 Å². The van der Waals surface area contributed by atoms with Gasteiger partial charge in [-0.1, -0.05) is 0 Å². The number of esters is 1. The van der Waals surface area contributed by atoms with Gasteiger partial charge in [-0.2, -0.15) is 13.2 Å². The van der Waals surface area contributed by atoms with Crippen molar-refractivity contribution in [2.75, 3.05) is 19.0 Å². The van der Waals surface area contributed by atoms with Gasteiger partial charge in [-0.15, -0.1) is 0 Å². The van der Waals surface area contributed by atoms with Gasteiger partial charge < -0.3 is 15.2 Å². The normalized spacial score (nSPS) is 13.2. The first-order chi connectivity index (χ1) is 10.9. The van der Waals surface area contributed by atoms with Gasteiger partial charge in [0.1, 0.15) is 5.69 Å². The number of nitrogens with zero attached hydrogens (tertiary/aromatic N) is 1. The van der Waals surface area contributed by atoms with Crippen LogP contribution in [0.15, 0.2) is 23.1 Å². The van der Waals surface area contributed by atoms with Crippen LogP contribution in [0.1, 0.15) is 0 Å². The van der Waals surface area contributed by atoms with Crippen molar-refractivity contribution in [1.29, 1.82) is 0 Å². The predicted octanol–water partition coefficient (Wildman–Crippen LogP) is 0.834. The molecule has 0 aliphatic carbocycles. The van der Waals surface area contributed by atoms with E-state index in [-0.39, 0.29) is 11.8 Å². The molecule has 0 unspecified atom stereocenters. The lowest BCUT2D eigenvalue weighted by Crippen LogP contribution is -2.29. The molecule has 13 heteroatoms. The molecule has 0 amide bonds. The molecule has 24 heavy (non-hydrogen) atoms. The highest BCUT2D eigenvalue weighted by Gasteiger charge is 2.47. The van der Waals surface area contributed by atoms with Crippen molar-refractivity contribution in [3.05, 3.63) is 28.3 Å². The molecule has 0 heterocycles. The van der Waals surface area contributed by atoms with Crippen molar-refractivity contribution in [3.8, 4) is 0 Å². The summed E-state index contributed by atoms with van der Waals surface area (Å²) in [6.07, 6.45) is -1.69. The number of methoxy groups -OCH3 is 1. The molecule has 1 aromatic carbocycles. The van der Waals surface area contributed by atoms with Crippen molar-refractivity contribution in [2.24, 2.45) is 0 Å². The van der Waals surface area contributed by atoms with Crippen molar-refractivity contribution >= 4 is 27.2 Å². The van der Waals surface area contributed by atoms with E-state index in [2.05, 4.69) is 10.1 Å². The average Bonchev–Trinajstić information content (AvgIpc) is 2.50. The monoisotopic (exact) mass is 372 g/mol. The van der Waals surface area contributed by atoms with E-state index in [0.717, 1.165) is 13.2 Å². The Morgan fingerprint density at radius 1 is 1.46 bits per heavy atom. The minimum atomic E-state index is -5.75. The van der Waals surface area contributed by atoms with E-state index < -0.39 is 49.5 Å². The molecule has 0 aliphatic rings. The molecule has 0 bridgehead atoms. The molecular weight excluding hydrogens is 361 g/mol. The molecule has 0 fully saturated rings. The molecule has 0 saturated heterocycles. The van der Waals surface area contributed by atoms with Crippen LogP contribution >= 0.6 is 0 Å². The number of aliphatic hydroxyl groups is 1. The number of nitro groups is 1. The molecule has 0 aliphatic heterocycles. The number of carbonyl (C=O) groups is 1. The summed E-state index contributed by atoms with van der Waals surface area (Å²) in [6.45, 7) is -0.543. The fourth-order valence-electron chi connectivity index (χ4n) is 1.54. The zero-order valence-electron chi connectivity index (χ0n) is 11.9. The van der Waals surface area contributed by atoms with Crippen LogP contribution in [0.25, 0.3) is 0 Å². The molecule has 9 nitrogen and oxygen atoms in total. The Balaban J connectivity index is 3.18. The number of aliphatic hydroxyl groups excluding tert-OH is 1. The van der Waals surface area contributed by atoms with Gasteiger partial charge in [0.25, 0.3) is 15.5 Å². The van der Waals surface area contributed by atoms with E-state index >= 15 is 0 Å². The third kappa shape index (κ3) is 4.11. The van der Waals surface area contributed by atoms with Gasteiger partial charge in [0.05, 0.1) is 23.5 Å². The molecule has 134 valence electrons. The van der Waals surface area contributed by atoms with Crippen LogP contribution < -0.4 is 5.32 Å². The number of benzene rings is 1. The first kappa shape index (κ1) is 19.6. The second-order valence-electron chi connectivity index (χ2n) is 4.31. The van der Waals surface area contributed by atoms with Gasteiger partial charge in [0.15, 0.2) is 6.10 Å². The van der Waals surface area contributed by atoms with E-state index in [4.69, 9.17) is 0 Å². The Hall–Kier alpha value is -2.41. The largest absolute Gasteiger partial charge is 0.501 e. The Bertz CT molecular complexity index is 748. The highest BCUT2D eigenvalue weighted by molar-refractivity contribution is 7.92. The third-order valence-corrected chi connectivity index (χ3v) is 4.22. The fraction of sp³-hybridized carbons (Fsp3) is 0.364. The molecule has 1 atom stereocenters. The lowest BCUT2D eigenvalue weighted by atomic mass is 10.2. The van der Waals surface area contributed by atoms with Crippen molar-refractivity contribution in [3.63, 3.8) is 0 Å². The van der Waals surface area contributed by atoms with Gasteiger partial charge in [-0.3, -0.25) is 10.1 Å². The van der Waals surface area contributed by atoms with Crippen LogP contribution in [0.5, 0.6) is 0 Å². The van der Waals surface area contributed by atoms with Crippen LogP contribution in [0, 0.1) is 10.1 Å². The smallest absolute Gasteiger partial charge is 0.467 e. The zero-order valence-corrected chi connectivity index (χ0v) is 12.7. The van der Waals surface area contributed by atoms with Crippen LogP contribution in [-0.2, 0) is 19.4 Å². The molecule has 0 aromatic heterocycles. The van der Waals surface area contributed by atoms with Crippen molar-refractivity contribution < 1.29 is 41.2 Å². The van der Waals surface area contributed by atoms with Gasteiger partial charge in [0, 0.05) is 6.07 Å². The minimum Gasteiger partial charge on any atom is -0.467 e. The maximum absolute atomic E-state index is 12.5. The number of halogens is 3. The summed E-state index contributed by atoms with van der Waals surface area (Å²) in [5.41, 5.74) is -6.97. The molecular formula is C11H11F3N2O7S. The molecule has 0 spiro atoms. The molecule has 1 rings (SSSR count). The van der Waals surface area contributed by atoms with Crippen molar-refractivity contribution in [1.82, 2.24) is 0 Å². The van der Waals surface area contributed by atoms with Crippen LogP contribution in [0.4, 0.5) is 24.5 Å². The summed E-state index contributed by atoms with van der Waals surface area (Å²) in [5.74, 6) is -1.04. The quantitative estimate of drug-likeness (QED) is 0.426. The standard InChI is InChI=1S/C11H11F3N2O7S/c1-23-10(18)9(17)5-15-7-3-2-6(4-8(7)16(19)20)24(21,22)11(12,13)14/h2-4,9,15,17H,5H2,1H3/t9-/m1/s1. The van der Waals surface area contributed by atoms with Crippen LogP contribution in [0.3, 0.4) is 0 Å². The number of nitro benzene ring substituents is 1. The SMILES string of the molecule is COC(=O)[C@H](O)CNc1ccc(S(=O)(=O)C(F)(F)F)cc1[N+](=O)[O-]. The van der Waals surface area contributed by atoms with Gasteiger partial charge in [-0.05, 0) is 12.1 Å². The summed E-state index contributed by atoms with van der Waals surface area (Å²) in [6, 6.07) is 1.47. The molecule has 0 radical (unpaired) electrons. The topological polar surface area (TPSA) is 136 Å². The van der Waals surface area contributed by atoms with Gasteiger partial charge in [0.2, 0.25) is 0 Å². The number of carbonyl (C=O) groups excluding carboxylic acids is 1. The minimum absolute atomic E-state index is 0.232. The number of alkyl halides is 3. The number of nitrogens with one attached hydrogen (secondary N) is 1. The molecule has 1 aromatic rings. The van der Waals surface area contributed by atoms with Gasteiger partial charge >= 0.3 is 11.5 Å². The number of anilines is 1. The molecule has 0 saturated carbocycles. The summed E-state index contributed by atoms with van der Waals surface area (Å²) in [7, 11) is -4.76. The summed E-state index contributed by atoms with van der Waals surface area (Å²) in [5, 5.41) is 22.5. The number of sulfone groups is 1. The summed E-state index contributed by atoms with van der Waals surface area (Å²) < 4.78 is 64.2. The maximum Gasteiger partial charge on any atom is 0.501 e. The van der Waals surface area contributed by atoms with E-state index in [9.17, 15) is 41.6 Å². The summed E-state index contributed by atoms with van der Waals surface area (Å²) >= 11 is 0. The fourth-order valence-corrected chi connectivity index (χ4v) is 2.32. The lowest BCUT2D eigenvalue weighted by Gasteiger charge is -2.12.